The highest BCUT2D eigenvalue weighted by Gasteiger charge is 2.22. The molecule has 0 bridgehead atoms. The third-order valence-corrected chi connectivity index (χ3v) is 8.12. The Morgan fingerprint density at radius 1 is 1.03 bits per heavy atom. The number of nitrogens with zero attached hydrogens (tertiary/aromatic N) is 3. The number of pyridine rings is 1. The van der Waals surface area contributed by atoms with E-state index < -0.39 is 30.9 Å². The molecule has 0 saturated carbocycles. The molecule has 206 valence electrons. The van der Waals surface area contributed by atoms with Gasteiger partial charge < -0.3 is 15.1 Å². The van der Waals surface area contributed by atoms with Gasteiger partial charge in [0.1, 0.15) is 13.1 Å². The molecule has 0 aliphatic rings. The van der Waals surface area contributed by atoms with Gasteiger partial charge in [0.15, 0.2) is 0 Å². The van der Waals surface area contributed by atoms with Crippen molar-refractivity contribution in [3.05, 3.63) is 82.6 Å². The van der Waals surface area contributed by atoms with E-state index in [1.165, 1.54) is 0 Å². The maximum Gasteiger partial charge on any atom is 0.323 e. The Hall–Kier alpha value is -3.40. The number of halogens is 1. The molecule has 1 unspecified atom stereocenters. The Labute approximate surface area is 237 Å². The van der Waals surface area contributed by atoms with Crippen molar-refractivity contribution in [1.82, 2.24) is 14.2 Å². The molecule has 1 heterocycles. The molecule has 0 radical (unpaired) electrons. The molecule has 0 fully saturated rings. The molecule has 0 aliphatic heterocycles. The van der Waals surface area contributed by atoms with Crippen LogP contribution in [0.4, 0.5) is 0 Å². The number of hydrogen-bond acceptors (Lipinski definition) is 6. The van der Waals surface area contributed by atoms with Crippen LogP contribution in [0.15, 0.2) is 65.8 Å². The molecule has 0 spiro atoms. The molecule has 39 heavy (non-hydrogen) atoms. The summed E-state index contributed by atoms with van der Waals surface area (Å²) in [5.41, 5.74) is 5.30. The fourth-order valence-electron chi connectivity index (χ4n) is 4.16. The fraction of sp³-hybridized carbons (Fsp3) is 0.310. The summed E-state index contributed by atoms with van der Waals surface area (Å²) >= 11 is 7.92. The first-order chi connectivity index (χ1) is 18.6. The van der Waals surface area contributed by atoms with E-state index in [0.717, 1.165) is 37.6 Å². The van der Waals surface area contributed by atoms with Crippen LogP contribution in [0.5, 0.6) is 0 Å². The van der Waals surface area contributed by atoms with E-state index >= 15 is 0 Å². The zero-order chi connectivity index (χ0) is 28.5. The topological polar surface area (TPSA) is 111 Å². The number of hydrogen-bond donors (Lipinski definition) is 2. The monoisotopic (exact) mass is 569 g/mol. The number of carbonyl (C=O) groups is 3. The van der Waals surface area contributed by atoms with Gasteiger partial charge in [-0.1, -0.05) is 35.9 Å². The molecule has 2 aromatic carbocycles. The predicted octanol–water partition coefficient (Wildman–Crippen LogP) is 5.87. The van der Waals surface area contributed by atoms with Gasteiger partial charge in [0.2, 0.25) is 5.91 Å². The Kier molecular flexibility index (Phi) is 10.9. The van der Waals surface area contributed by atoms with Crippen LogP contribution in [0.25, 0.3) is 11.1 Å². The van der Waals surface area contributed by atoms with Gasteiger partial charge in [0.05, 0.1) is 0 Å². The molecule has 3 aromatic rings. The second-order valence-corrected chi connectivity index (χ2v) is 10.7. The summed E-state index contributed by atoms with van der Waals surface area (Å²) in [7, 11) is 0. The SMILES string of the molecule is Cc1cnccc1-c1cccc(C(C)N(CCCC(=O)N(CC(=O)O)CC(=O)O)Sc2cccc(Cl)c2C)c1. The van der Waals surface area contributed by atoms with E-state index in [1.807, 2.05) is 50.4 Å². The van der Waals surface area contributed by atoms with Crippen molar-refractivity contribution in [2.45, 2.75) is 44.6 Å². The lowest BCUT2D eigenvalue weighted by atomic mass is 9.98. The largest absolute Gasteiger partial charge is 0.480 e. The third kappa shape index (κ3) is 8.54. The summed E-state index contributed by atoms with van der Waals surface area (Å²) in [5, 5.41) is 18.8. The summed E-state index contributed by atoms with van der Waals surface area (Å²) in [4.78, 5) is 41.0. The van der Waals surface area contributed by atoms with E-state index in [1.54, 1.807) is 18.1 Å². The molecular formula is C29H32ClN3O5S. The molecule has 10 heteroatoms. The van der Waals surface area contributed by atoms with Crippen LogP contribution in [0.2, 0.25) is 5.02 Å². The van der Waals surface area contributed by atoms with Crippen molar-refractivity contribution in [3.63, 3.8) is 0 Å². The molecule has 8 nitrogen and oxygen atoms in total. The van der Waals surface area contributed by atoms with Gasteiger partial charge in [-0.05, 0) is 91.2 Å². The number of aromatic nitrogens is 1. The number of carboxylic acid groups (broad SMARTS) is 2. The lowest BCUT2D eigenvalue weighted by Crippen LogP contribution is -2.39. The number of aliphatic carboxylic acids is 2. The average Bonchev–Trinajstić information content (AvgIpc) is 2.89. The minimum absolute atomic E-state index is 0.0229. The summed E-state index contributed by atoms with van der Waals surface area (Å²) in [6.45, 7) is 5.27. The lowest BCUT2D eigenvalue weighted by Gasteiger charge is -2.29. The smallest absolute Gasteiger partial charge is 0.323 e. The summed E-state index contributed by atoms with van der Waals surface area (Å²) < 4.78 is 2.17. The van der Waals surface area contributed by atoms with E-state index in [-0.39, 0.29) is 12.5 Å². The van der Waals surface area contributed by atoms with Crippen LogP contribution in [0, 0.1) is 13.8 Å². The summed E-state index contributed by atoms with van der Waals surface area (Å²) in [6.07, 6.45) is 4.05. The number of carbonyl (C=O) groups excluding carboxylic acids is 1. The minimum Gasteiger partial charge on any atom is -0.480 e. The van der Waals surface area contributed by atoms with E-state index in [4.69, 9.17) is 21.8 Å². The number of carboxylic acids is 2. The Morgan fingerprint density at radius 3 is 2.38 bits per heavy atom. The maximum atomic E-state index is 12.7. The van der Waals surface area contributed by atoms with Crippen LogP contribution < -0.4 is 0 Å². The van der Waals surface area contributed by atoms with Crippen molar-refractivity contribution >= 4 is 41.4 Å². The molecule has 0 aliphatic carbocycles. The first-order valence-corrected chi connectivity index (χ1v) is 13.6. The highest BCUT2D eigenvalue weighted by atomic mass is 35.5. The van der Waals surface area contributed by atoms with Gasteiger partial charge in [0, 0.05) is 41.3 Å². The first-order valence-electron chi connectivity index (χ1n) is 12.5. The Balaban J connectivity index is 1.83. The zero-order valence-electron chi connectivity index (χ0n) is 22.1. The van der Waals surface area contributed by atoms with Crippen molar-refractivity contribution in [2.75, 3.05) is 19.6 Å². The Bertz CT molecular complexity index is 1320. The van der Waals surface area contributed by atoms with E-state index in [9.17, 15) is 14.4 Å². The highest BCUT2D eigenvalue weighted by Crippen LogP contribution is 2.37. The van der Waals surface area contributed by atoms with E-state index in [0.29, 0.717) is 18.0 Å². The maximum absolute atomic E-state index is 12.7. The molecule has 3 rings (SSSR count). The zero-order valence-corrected chi connectivity index (χ0v) is 23.7. The van der Waals surface area contributed by atoms with Gasteiger partial charge in [-0.25, -0.2) is 4.31 Å². The normalized spacial score (nSPS) is 11.8. The van der Waals surface area contributed by atoms with Crippen LogP contribution >= 0.6 is 23.5 Å². The van der Waals surface area contributed by atoms with Gasteiger partial charge >= 0.3 is 11.9 Å². The van der Waals surface area contributed by atoms with Crippen LogP contribution in [-0.4, -0.2) is 61.9 Å². The second kappa shape index (κ2) is 14.1. The van der Waals surface area contributed by atoms with Crippen molar-refractivity contribution in [2.24, 2.45) is 0 Å². The fourth-order valence-corrected chi connectivity index (χ4v) is 5.53. The quantitative estimate of drug-likeness (QED) is 0.246. The molecule has 0 saturated heterocycles. The summed E-state index contributed by atoms with van der Waals surface area (Å²) in [6, 6.07) is 16.0. The highest BCUT2D eigenvalue weighted by molar-refractivity contribution is 7.97. The van der Waals surface area contributed by atoms with Crippen molar-refractivity contribution in [3.8, 4) is 11.1 Å². The first kappa shape index (κ1) is 30.1. The second-order valence-electron chi connectivity index (χ2n) is 9.23. The van der Waals surface area contributed by atoms with Gasteiger partial charge in [-0.2, -0.15) is 0 Å². The number of amides is 1. The number of rotatable bonds is 13. The van der Waals surface area contributed by atoms with E-state index in [2.05, 4.69) is 34.4 Å². The minimum atomic E-state index is -1.25. The molecule has 2 N–H and O–H groups in total. The standard InChI is InChI=1S/C29H32ClN3O5S/c1-19-16-31-13-12-24(19)23-8-4-7-22(15-23)21(3)33(39-26-10-5-9-25(30)20(26)2)14-6-11-27(34)32(17-28(35)36)18-29(37)38/h4-5,7-10,12-13,15-16,21H,6,11,14,17-18H2,1-3H3,(H,35,36)(H,37,38). The lowest BCUT2D eigenvalue weighted by molar-refractivity contribution is -0.149. The molecular weight excluding hydrogens is 538 g/mol. The molecule has 1 amide bonds. The van der Waals surface area contributed by atoms with Crippen molar-refractivity contribution < 1.29 is 24.6 Å². The molecule has 1 aromatic heterocycles. The van der Waals surface area contributed by atoms with Crippen LogP contribution in [-0.2, 0) is 14.4 Å². The molecule has 1 atom stereocenters. The number of aryl methyl sites for hydroxylation is 1. The van der Waals surface area contributed by atoms with Gasteiger partial charge in [-0.3, -0.25) is 19.4 Å². The predicted molar refractivity (Wildman–Crippen MR) is 153 cm³/mol. The Morgan fingerprint density at radius 2 is 1.72 bits per heavy atom. The van der Waals surface area contributed by atoms with Gasteiger partial charge in [-0.15, -0.1) is 0 Å². The van der Waals surface area contributed by atoms with Crippen molar-refractivity contribution in [1.29, 1.82) is 0 Å². The number of benzene rings is 2. The van der Waals surface area contributed by atoms with Gasteiger partial charge in [0.25, 0.3) is 0 Å². The summed E-state index contributed by atoms with van der Waals surface area (Å²) in [5.74, 6) is -3.01. The third-order valence-electron chi connectivity index (χ3n) is 6.34. The average molecular weight is 570 g/mol. The van der Waals surface area contributed by atoms with Crippen LogP contribution in [0.1, 0.15) is 42.5 Å². The van der Waals surface area contributed by atoms with Crippen LogP contribution in [0.3, 0.4) is 0 Å².